The minimum Gasteiger partial charge on any atom is -0.481 e. The van der Waals surface area contributed by atoms with E-state index in [0.29, 0.717) is 0 Å². The number of nitrogens with zero attached hydrogens (tertiary/aromatic N) is 2. The highest BCUT2D eigenvalue weighted by molar-refractivity contribution is 6.07. The number of methoxy groups -OCH3 is 12. The van der Waals surface area contributed by atoms with Gasteiger partial charge in [0.25, 0.3) is 0 Å². The summed E-state index contributed by atoms with van der Waals surface area (Å²) < 4.78 is 111. The van der Waals surface area contributed by atoms with Gasteiger partial charge >= 0.3 is 71.6 Å². The molecule has 0 spiro atoms. The number of benzene rings is 4. The number of rotatable bonds is 32. The molecule has 0 saturated carbocycles. The Morgan fingerprint density at radius 2 is 0.384 bits per heavy atom. The Kier molecular flexibility index (Phi) is 27.2. The topological polar surface area (TPSA) is 447 Å². The fourth-order valence-electron chi connectivity index (χ4n) is 11.0. The number of nitrogens with one attached hydrogen (secondary N) is 2. The van der Waals surface area contributed by atoms with Gasteiger partial charge in [-0.15, -0.1) is 0 Å². The van der Waals surface area contributed by atoms with E-state index in [4.69, 9.17) is 105 Å². The summed E-state index contributed by atoms with van der Waals surface area (Å²) in [5.41, 5.74) is -2.76. The Morgan fingerprint density at radius 3 is 0.518 bits per heavy atom. The summed E-state index contributed by atoms with van der Waals surface area (Å²) in [7, 11) is 13.0. The first kappa shape index (κ1) is 81.6. The number of esters is 12. The largest absolute Gasteiger partial charge is 0.481 e. The van der Waals surface area contributed by atoms with Gasteiger partial charge in [0.05, 0.1) is 153 Å². The van der Waals surface area contributed by atoms with Gasteiger partial charge in [-0.2, -0.15) is 0 Å². The van der Waals surface area contributed by atoms with Crippen molar-refractivity contribution in [1.82, 2.24) is 19.9 Å². The molecule has 2 aliphatic heterocycles. The standard InChI is InChI=1S/C76H70N4O32/c1-93-57(81)29-105-49-21-37(73(89)101-9)22-50(106-30-58(82)94-2)69(49)65-41-13-15-43(77-41)66(70-51(107-31-59(83)95-3)23-38(74(90)102-10)24-52(70)108-32-60(84)96-4)45-17-19-47(79-45)68(72-55(111-35-63(87)99-7)27-40(76(92)104-12)28-56(72)112-36-64(88)100-8)48-20-18-46(80-48)67(44-16-14-42(65)78-44)71-53(109-33-61(85)97-5)25-39(75(91)103-11)26-54(71)110-34-62(86)98-6/h13-28,77,80H,29-36H2,1-12H3. The van der Waals surface area contributed by atoms with E-state index in [1.54, 1.807) is 0 Å². The molecule has 2 N–H and O–H groups in total. The van der Waals surface area contributed by atoms with Crippen LogP contribution in [0.1, 0.15) is 64.2 Å². The molecule has 0 unspecified atom stereocenters. The summed E-state index contributed by atoms with van der Waals surface area (Å²) in [6.45, 7) is -6.85. The summed E-state index contributed by atoms with van der Waals surface area (Å²) in [6.07, 6.45) is 5.82. The minimum absolute atomic E-state index is 0.0269. The van der Waals surface area contributed by atoms with Gasteiger partial charge in [0.1, 0.15) is 46.0 Å². The molecule has 4 aromatic carbocycles. The van der Waals surface area contributed by atoms with Crippen LogP contribution < -0.4 is 37.9 Å². The van der Waals surface area contributed by atoms with Crippen molar-refractivity contribution in [1.29, 1.82) is 0 Å². The van der Waals surface area contributed by atoms with Gasteiger partial charge in [-0.05, 0) is 97.1 Å². The highest BCUT2D eigenvalue weighted by Crippen LogP contribution is 2.51. The van der Waals surface area contributed by atoms with Crippen LogP contribution in [-0.2, 0) is 95.2 Å². The van der Waals surface area contributed by atoms with Crippen molar-refractivity contribution >= 4 is 118 Å². The number of H-pyrrole nitrogens is 2. The molecule has 8 bridgehead atoms. The van der Waals surface area contributed by atoms with Gasteiger partial charge < -0.3 is 105 Å². The lowest BCUT2D eigenvalue weighted by Gasteiger charge is -2.19. The summed E-state index contributed by atoms with van der Waals surface area (Å²) in [6, 6.07) is 15.4. The minimum atomic E-state index is -0.975. The smallest absolute Gasteiger partial charge is 0.343 e. The Labute approximate surface area is 634 Å². The van der Waals surface area contributed by atoms with E-state index >= 15 is 0 Å². The van der Waals surface area contributed by atoms with E-state index in [1.807, 2.05) is 0 Å². The van der Waals surface area contributed by atoms with Crippen molar-refractivity contribution < 1.29 is 152 Å². The van der Waals surface area contributed by atoms with Crippen LogP contribution in [0.4, 0.5) is 0 Å². The lowest BCUT2D eigenvalue weighted by atomic mass is 9.98. The number of hydrogen-bond acceptors (Lipinski definition) is 34. The molecule has 586 valence electrons. The summed E-state index contributed by atoms with van der Waals surface area (Å²) >= 11 is 0. The Balaban J connectivity index is 1.67. The summed E-state index contributed by atoms with van der Waals surface area (Å²) in [4.78, 5) is 179. The maximum Gasteiger partial charge on any atom is 0.343 e. The second-order valence-electron chi connectivity index (χ2n) is 22.8. The van der Waals surface area contributed by atoms with E-state index in [9.17, 15) is 57.5 Å². The fraction of sp³-hybridized carbons (Fsp3) is 0.263. The number of aromatic amines is 2. The highest BCUT2D eigenvalue weighted by atomic mass is 16.6. The highest BCUT2D eigenvalue weighted by Gasteiger charge is 2.33. The molecule has 0 saturated heterocycles. The first-order chi connectivity index (χ1) is 53.9. The molecule has 0 atom stereocenters. The van der Waals surface area contributed by atoms with Gasteiger partial charge in [-0.1, -0.05) is 0 Å². The van der Waals surface area contributed by atoms with Crippen molar-refractivity contribution in [2.24, 2.45) is 0 Å². The molecule has 3 aromatic heterocycles. The first-order valence-electron chi connectivity index (χ1n) is 32.7. The quantitative estimate of drug-likeness (QED) is 0.0320. The zero-order valence-electron chi connectivity index (χ0n) is 61.9. The third kappa shape index (κ3) is 18.7. The van der Waals surface area contributed by atoms with Crippen LogP contribution in [0.25, 0.3) is 90.9 Å². The SMILES string of the molecule is COC(=O)COc1cc(C(=O)OC)cc(OCC(=O)OC)c1-c1c2nc(c(-c3c(OCC(=O)OC)cc(C(=O)OC)cc3OCC(=O)OC)c3ccc([nH]3)c(-c3c(OCC(=O)OC)cc(C(=O)OC)cc3OCC(=O)OC)c3nc(c(-c4c(OCC(=O)OC)cc(C(=O)OC)cc4OCC(=O)OC)c4ccc1[nH]4)C=C3)C=C2. The molecular formula is C76H70N4O32. The van der Waals surface area contributed by atoms with Gasteiger partial charge in [0, 0.05) is 44.3 Å². The lowest BCUT2D eigenvalue weighted by Crippen LogP contribution is -2.16. The third-order valence-corrected chi connectivity index (χ3v) is 16.3. The Bertz CT molecular complexity index is 4380. The van der Waals surface area contributed by atoms with Crippen LogP contribution in [0.5, 0.6) is 46.0 Å². The van der Waals surface area contributed by atoms with Crippen LogP contribution in [0.2, 0.25) is 0 Å². The molecule has 36 heteroatoms. The van der Waals surface area contributed by atoms with Gasteiger partial charge in [-0.3, -0.25) is 0 Å². The van der Waals surface area contributed by atoms with Gasteiger partial charge in [0.2, 0.25) is 0 Å². The van der Waals surface area contributed by atoms with Crippen LogP contribution in [0.3, 0.4) is 0 Å². The summed E-state index contributed by atoms with van der Waals surface area (Å²) in [5.74, 6) is -14.2. The Morgan fingerprint density at radius 1 is 0.232 bits per heavy atom. The molecule has 0 amide bonds. The van der Waals surface area contributed by atoms with Crippen molar-refractivity contribution in [2.75, 3.05) is 138 Å². The van der Waals surface area contributed by atoms with Crippen LogP contribution in [0.15, 0.2) is 72.8 Å². The van der Waals surface area contributed by atoms with Crippen molar-refractivity contribution in [3.8, 4) is 90.5 Å². The second kappa shape index (κ2) is 37.4. The summed E-state index contributed by atoms with van der Waals surface area (Å²) in [5, 5.41) is 0. The van der Waals surface area contributed by atoms with Crippen LogP contribution in [-0.4, -0.2) is 230 Å². The number of carbonyl (C=O) groups is 12. The number of fused-ring (bicyclic) bond motifs is 8. The number of aromatic nitrogens is 4. The van der Waals surface area contributed by atoms with Crippen molar-refractivity contribution in [3.63, 3.8) is 0 Å². The van der Waals surface area contributed by atoms with E-state index in [2.05, 4.69) is 9.97 Å². The van der Waals surface area contributed by atoms with E-state index in [-0.39, 0.29) is 158 Å². The zero-order chi connectivity index (χ0) is 81.0. The van der Waals surface area contributed by atoms with Crippen LogP contribution in [0, 0.1) is 0 Å². The zero-order valence-corrected chi connectivity index (χ0v) is 61.9. The second-order valence-corrected chi connectivity index (χ2v) is 22.8. The monoisotopic (exact) mass is 1550 g/mol. The van der Waals surface area contributed by atoms with Gasteiger partial charge in [-0.25, -0.2) is 67.5 Å². The maximum absolute atomic E-state index is 13.8. The Hall–Kier alpha value is -14.5. The molecule has 9 rings (SSSR count). The third-order valence-electron chi connectivity index (χ3n) is 16.3. The fourth-order valence-corrected chi connectivity index (χ4v) is 11.0. The predicted molar refractivity (Wildman–Crippen MR) is 386 cm³/mol. The molecule has 0 aliphatic carbocycles. The molecule has 5 heterocycles. The maximum atomic E-state index is 13.8. The molecular weight excluding hydrogens is 1480 g/mol. The predicted octanol–water partition coefficient (Wildman–Crippen LogP) is 6.88. The normalized spacial score (nSPS) is 11.0. The van der Waals surface area contributed by atoms with E-state index < -0.39 is 124 Å². The molecule has 7 aromatic rings. The van der Waals surface area contributed by atoms with Crippen molar-refractivity contribution in [2.45, 2.75) is 0 Å². The molecule has 0 fully saturated rings. The molecule has 0 radical (unpaired) electrons. The van der Waals surface area contributed by atoms with Crippen molar-refractivity contribution in [3.05, 3.63) is 118 Å². The number of ether oxygens (including phenoxy) is 20. The number of carbonyl (C=O) groups excluding carboxylic acids is 12. The van der Waals surface area contributed by atoms with Gasteiger partial charge in [0.15, 0.2) is 52.9 Å². The van der Waals surface area contributed by atoms with E-state index in [0.717, 1.165) is 85.3 Å². The first-order valence-corrected chi connectivity index (χ1v) is 32.7. The number of hydrogen-bond donors (Lipinski definition) is 2. The van der Waals surface area contributed by atoms with Crippen LogP contribution >= 0.6 is 0 Å². The lowest BCUT2D eigenvalue weighted by molar-refractivity contribution is -0.143. The van der Waals surface area contributed by atoms with E-state index in [1.165, 1.54) is 97.1 Å². The average Bonchev–Trinajstić information content (AvgIpc) is 1.56. The average molecular weight is 1550 g/mol. The molecule has 2 aliphatic rings. The molecule has 36 nitrogen and oxygen atoms in total. The molecule has 112 heavy (non-hydrogen) atoms.